The van der Waals surface area contributed by atoms with Crippen LogP contribution in [0.1, 0.15) is 329 Å². The molecule has 1 atom stereocenters. The fourth-order valence-corrected chi connectivity index (χ4v) is 8.95. The molecule has 0 saturated carbocycles. The maximum atomic E-state index is 12.7. The molecule has 0 saturated heterocycles. The van der Waals surface area contributed by atoms with Gasteiger partial charge in [-0.2, -0.15) is 0 Å². The number of allylic oxidation sites excluding steroid dienone is 4. The Labute approximate surface area is 417 Å². The molecule has 0 spiro atoms. The van der Waals surface area contributed by atoms with E-state index in [1.165, 1.54) is 225 Å². The lowest BCUT2D eigenvalue weighted by Crippen LogP contribution is -2.30. The Morgan fingerprint density at radius 3 is 0.821 bits per heavy atom. The van der Waals surface area contributed by atoms with E-state index in [4.69, 9.17) is 14.2 Å². The summed E-state index contributed by atoms with van der Waals surface area (Å²) in [5, 5.41) is 0. The summed E-state index contributed by atoms with van der Waals surface area (Å²) in [6.45, 7) is 6.62. The van der Waals surface area contributed by atoms with Gasteiger partial charge in [-0.25, -0.2) is 0 Å². The highest BCUT2D eigenvalue weighted by Crippen LogP contribution is 2.17. The molecule has 0 amide bonds. The number of carbonyl (C=O) groups is 3. The molecule has 0 aromatic heterocycles. The minimum atomic E-state index is -0.761. The monoisotopic (exact) mass is 943 g/mol. The normalized spacial score (nSPS) is 12.1. The van der Waals surface area contributed by atoms with Crippen molar-refractivity contribution in [2.45, 2.75) is 335 Å². The predicted octanol–water partition coefficient (Wildman–Crippen LogP) is 19.9. The second-order valence-electron chi connectivity index (χ2n) is 20.3. The fraction of sp³-hybridized carbons (Fsp3) is 0.885. The van der Waals surface area contributed by atoms with Gasteiger partial charge in [0.15, 0.2) is 6.10 Å². The Balaban J connectivity index is 3.92. The number of unbranched alkanes of at least 4 members (excludes halogenated alkanes) is 40. The van der Waals surface area contributed by atoms with E-state index in [0.29, 0.717) is 19.3 Å². The Kier molecular flexibility index (Phi) is 54.7. The van der Waals surface area contributed by atoms with Gasteiger partial charge < -0.3 is 14.2 Å². The fourth-order valence-electron chi connectivity index (χ4n) is 8.95. The summed E-state index contributed by atoms with van der Waals surface area (Å²) in [6.07, 6.45) is 66.5. The second kappa shape index (κ2) is 56.5. The van der Waals surface area contributed by atoms with Crippen molar-refractivity contribution < 1.29 is 28.6 Å². The summed E-state index contributed by atoms with van der Waals surface area (Å²) in [4.78, 5) is 37.8. The minimum Gasteiger partial charge on any atom is -0.462 e. The van der Waals surface area contributed by atoms with E-state index in [0.717, 1.165) is 64.2 Å². The van der Waals surface area contributed by atoms with Gasteiger partial charge >= 0.3 is 17.9 Å². The summed E-state index contributed by atoms with van der Waals surface area (Å²) < 4.78 is 16.8. The van der Waals surface area contributed by atoms with Gasteiger partial charge in [0.1, 0.15) is 13.2 Å². The first-order valence-corrected chi connectivity index (χ1v) is 29.8. The average Bonchev–Trinajstić information content (AvgIpc) is 3.33. The molecule has 6 heteroatoms. The molecule has 1 unspecified atom stereocenters. The lowest BCUT2D eigenvalue weighted by molar-refractivity contribution is -0.167. The van der Waals surface area contributed by atoms with Gasteiger partial charge in [-0.05, 0) is 51.4 Å². The SMILES string of the molecule is CCCCCCC/C=C\C/C=C\CCCCCCCCCCCCCCCCCCCCCC(=O)OCC(COC(=O)CCCCCCCCC)OC(=O)CCCCCCCCCCCCC. The molecule has 0 aromatic carbocycles. The standard InChI is InChI=1S/C61H114O6/c1-4-7-10-13-16-18-20-21-22-23-24-25-26-27-28-29-30-31-32-33-34-35-36-37-38-39-41-42-45-48-51-54-60(63)66-57-58(56-65-59(62)53-50-47-44-15-12-9-6-3)67-61(64)55-52-49-46-43-40-19-17-14-11-8-5-2/h20-21,23-24,58H,4-19,22,25-57H2,1-3H3/b21-20-,24-23-. The van der Waals surface area contributed by atoms with Crippen LogP contribution in [-0.2, 0) is 28.6 Å². The topological polar surface area (TPSA) is 78.9 Å². The van der Waals surface area contributed by atoms with Crippen LogP contribution in [0, 0.1) is 0 Å². The van der Waals surface area contributed by atoms with Gasteiger partial charge in [-0.15, -0.1) is 0 Å². The van der Waals surface area contributed by atoms with Crippen LogP contribution in [0.4, 0.5) is 0 Å². The number of ether oxygens (including phenoxy) is 3. The highest BCUT2D eigenvalue weighted by atomic mass is 16.6. The number of carbonyl (C=O) groups excluding carboxylic acids is 3. The zero-order valence-corrected chi connectivity index (χ0v) is 45.2. The Morgan fingerprint density at radius 2 is 0.537 bits per heavy atom. The first-order chi connectivity index (χ1) is 33.0. The van der Waals surface area contributed by atoms with Crippen LogP contribution in [0.15, 0.2) is 24.3 Å². The molecule has 0 aliphatic rings. The summed E-state index contributed by atoms with van der Waals surface area (Å²) in [7, 11) is 0. The largest absolute Gasteiger partial charge is 0.462 e. The lowest BCUT2D eigenvalue weighted by Gasteiger charge is -2.18. The summed E-state index contributed by atoms with van der Waals surface area (Å²) in [5.41, 5.74) is 0. The van der Waals surface area contributed by atoms with Crippen molar-refractivity contribution in [3.63, 3.8) is 0 Å². The van der Waals surface area contributed by atoms with Crippen molar-refractivity contribution >= 4 is 17.9 Å². The van der Waals surface area contributed by atoms with Gasteiger partial charge in [-0.3, -0.25) is 14.4 Å². The van der Waals surface area contributed by atoms with Crippen molar-refractivity contribution in [1.29, 1.82) is 0 Å². The van der Waals surface area contributed by atoms with E-state index < -0.39 is 6.10 Å². The van der Waals surface area contributed by atoms with Gasteiger partial charge in [0, 0.05) is 19.3 Å². The van der Waals surface area contributed by atoms with Crippen molar-refractivity contribution in [1.82, 2.24) is 0 Å². The highest BCUT2D eigenvalue weighted by Gasteiger charge is 2.19. The summed E-state index contributed by atoms with van der Waals surface area (Å²) in [6, 6.07) is 0. The van der Waals surface area contributed by atoms with E-state index >= 15 is 0 Å². The van der Waals surface area contributed by atoms with Gasteiger partial charge in [0.05, 0.1) is 0 Å². The molecule has 0 bridgehead atoms. The lowest BCUT2D eigenvalue weighted by atomic mass is 10.0. The summed E-state index contributed by atoms with van der Waals surface area (Å²) >= 11 is 0. The first kappa shape index (κ1) is 64.9. The molecule has 67 heavy (non-hydrogen) atoms. The van der Waals surface area contributed by atoms with Crippen molar-refractivity contribution in [2.24, 2.45) is 0 Å². The first-order valence-electron chi connectivity index (χ1n) is 29.8. The van der Waals surface area contributed by atoms with E-state index in [9.17, 15) is 14.4 Å². The maximum absolute atomic E-state index is 12.7. The Bertz CT molecular complexity index is 1080. The van der Waals surface area contributed by atoms with Crippen LogP contribution in [0.5, 0.6) is 0 Å². The molecule has 0 rings (SSSR count). The predicted molar refractivity (Wildman–Crippen MR) is 289 cm³/mol. The Morgan fingerprint density at radius 1 is 0.299 bits per heavy atom. The van der Waals surface area contributed by atoms with Crippen LogP contribution in [0.25, 0.3) is 0 Å². The van der Waals surface area contributed by atoms with Crippen molar-refractivity contribution in [3.8, 4) is 0 Å². The molecular weight excluding hydrogens is 829 g/mol. The van der Waals surface area contributed by atoms with Gasteiger partial charge in [-0.1, -0.05) is 283 Å². The zero-order chi connectivity index (χ0) is 48.6. The third-order valence-corrected chi connectivity index (χ3v) is 13.5. The molecule has 0 radical (unpaired) electrons. The van der Waals surface area contributed by atoms with E-state index in [-0.39, 0.29) is 31.1 Å². The van der Waals surface area contributed by atoms with E-state index in [2.05, 4.69) is 45.1 Å². The van der Waals surface area contributed by atoms with Gasteiger partial charge in [0.25, 0.3) is 0 Å². The number of hydrogen-bond donors (Lipinski definition) is 0. The molecule has 0 aliphatic heterocycles. The van der Waals surface area contributed by atoms with Crippen molar-refractivity contribution in [3.05, 3.63) is 24.3 Å². The van der Waals surface area contributed by atoms with Crippen LogP contribution < -0.4 is 0 Å². The molecule has 0 N–H and O–H groups in total. The molecule has 0 aliphatic carbocycles. The average molecular weight is 944 g/mol. The maximum Gasteiger partial charge on any atom is 0.306 e. The van der Waals surface area contributed by atoms with Gasteiger partial charge in [0.2, 0.25) is 0 Å². The zero-order valence-electron chi connectivity index (χ0n) is 45.2. The molecule has 0 fully saturated rings. The summed E-state index contributed by atoms with van der Waals surface area (Å²) in [5.74, 6) is -0.855. The smallest absolute Gasteiger partial charge is 0.306 e. The molecule has 0 heterocycles. The van der Waals surface area contributed by atoms with Crippen LogP contribution in [0.2, 0.25) is 0 Å². The molecular formula is C61H114O6. The quantitative estimate of drug-likeness (QED) is 0.0262. The molecule has 0 aromatic rings. The van der Waals surface area contributed by atoms with E-state index in [1.54, 1.807) is 0 Å². The number of hydrogen-bond acceptors (Lipinski definition) is 6. The number of esters is 3. The number of rotatable bonds is 55. The van der Waals surface area contributed by atoms with Crippen LogP contribution >= 0.6 is 0 Å². The molecule has 394 valence electrons. The molecule has 6 nitrogen and oxygen atoms in total. The third kappa shape index (κ3) is 54.7. The van der Waals surface area contributed by atoms with E-state index in [1.807, 2.05) is 0 Å². The Hall–Kier alpha value is -2.11. The van der Waals surface area contributed by atoms with Crippen LogP contribution in [0.3, 0.4) is 0 Å². The highest BCUT2D eigenvalue weighted by molar-refractivity contribution is 5.71. The second-order valence-corrected chi connectivity index (χ2v) is 20.3. The van der Waals surface area contributed by atoms with Crippen molar-refractivity contribution in [2.75, 3.05) is 13.2 Å². The minimum absolute atomic E-state index is 0.0651. The third-order valence-electron chi connectivity index (χ3n) is 13.5. The van der Waals surface area contributed by atoms with Crippen LogP contribution in [-0.4, -0.2) is 37.2 Å².